The van der Waals surface area contributed by atoms with Crippen molar-refractivity contribution in [3.05, 3.63) is 11.1 Å². The molecule has 0 spiro atoms. The van der Waals surface area contributed by atoms with Gasteiger partial charge < -0.3 is 5.73 Å². The van der Waals surface area contributed by atoms with E-state index in [9.17, 15) is 4.79 Å². The van der Waals surface area contributed by atoms with Crippen LogP contribution in [0.4, 0.5) is 0 Å². The van der Waals surface area contributed by atoms with Crippen LogP contribution in [-0.2, 0) is 4.79 Å². The van der Waals surface area contributed by atoms with Gasteiger partial charge in [-0.3, -0.25) is 15.1 Å². The highest BCUT2D eigenvalue weighted by molar-refractivity contribution is 6.13. The van der Waals surface area contributed by atoms with Crippen molar-refractivity contribution < 1.29 is 4.79 Å². The van der Waals surface area contributed by atoms with E-state index < -0.39 is 12.1 Å². The fraction of sp³-hybridized carbons (Fsp3) is 0.143. The van der Waals surface area contributed by atoms with Crippen LogP contribution in [0.25, 0.3) is 0 Å². The molecule has 0 saturated carbocycles. The third kappa shape index (κ3) is 0.980. The molecule has 2 aliphatic rings. The highest BCUT2D eigenvalue weighted by Crippen LogP contribution is 2.20. The molecule has 0 aliphatic carbocycles. The molecule has 2 heterocycles. The van der Waals surface area contributed by atoms with Gasteiger partial charge in [-0.05, 0) is 0 Å². The third-order valence-corrected chi connectivity index (χ3v) is 1.76. The molecule has 0 aromatic heterocycles. The number of aliphatic imine (C=N–C) groups is 2. The Morgan fingerprint density at radius 2 is 2.46 bits per heavy atom. The molecule has 1 atom stereocenters. The summed E-state index contributed by atoms with van der Waals surface area (Å²) in [6, 6.07) is 1.87. The summed E-state index contributed by atoms with van der Waals surface area (Å²) in [6.07, 6.45) is 0.713. The number of amides is 1. The Morgan fingerprint density at radius 1 is 1.69 bits per heavy atom. The monoisotopic (exact) mass is 175 g/mol. The number of fused-ring (bicyclic) bond motifs is 1. The third-order valence-electron chi connectivity index (χ3n) is 1.76. The summed E-state index contributed by atoms with van der Waals surface area (Å²) in [5.74, 6) is -0.360. The quantitative estimate of drug-likeness (QED) is 0.476. The lowest BCUT2D eigenvalue weighted by Crippen LogP contribution is -2.44. The Morgan fingerprint density at radius 3 is 3.15 bits per heavy atom. The zero-order chi connectivity index (χ0) is 9.42. The van der Waals surface area contributed by atoms with E-state index in [1.54, 1.807) is 0 Å². The van der Waals surface area contributed by atoms with Crippen LogP contribution in [0.2, 0.25) is 0 Å². The van der Waals surface area contributed by atoms with Crippen molar-refractivity contribution >= 4 is 18.1 Å². The number of nitrogens with one attached hydrogen (secondary N) is 1. The number of carbonyl (C=O) groups excluding carboxylic acids is 1. The van der Waals surface area contributed by atoms with Crippen LogP contribution < -0.4 is 11.1 Å². The fourth-order valence-corrected chi connectivity index (χ4v) is 1.20. The molecule has 6 nitrogen and oxygen atoms in total. The van der Waals surface area contributed by atoms with Gasteiger partial charge in [-0.25, -0.2) is 4.99 Å². The van der Waals surface area contributed by atoms with Crippen molar-refractivity contribution in [1.82, 2.24) is 5.32 Å². The lowest BCUT2D eigenvalue weighted by atomic mass is 10.1. The van der Waals surface area contributed by atoms with Gasteiger partial charge >= 0.3 is 0 Å². The van der Waals surface area contributed by atoms with Crippen LogP contribution in [0.1, 0.15) is 0 Å². The van der Waals surface area contributed by atoms with Crippen LogP contribution in [0, 0.1) is 11.3 Å². The molecule has 0 bridgehead atoms. The summed E-state index contributed by atoms with van der Waals surface area (Å²) in [5.41, 5.74) is 5.83. The van der Waals surface area contributed by atoms with Gasteiger partial charge in [0.15, 0.2) is 12.1 Å². The SMILES string of the molecule is N#CC1=C2C(=O)NC(N)=NC2N=C1. The number of carbonyl (C=O) groups is 1. The van der Waals surface area contributed by atoms with E-state index >= 15 is 0 Å². The second-order valence-electron chi connectivity index (χ2n) is 2.56. The number of nitriles is 1. The number of rotatable bonds is 0. The Kier molecular flexibility index (Phi) is 1.39. The average molecular weight is 175 g/mol. The van der Waals surface area contributed by atoms with Gasteiger partial charge in [0.05, 0.1) is 11.1 Å². The highest BCUT2D eigenvalue weighted by atomic mass is 16.2. The smallest absolute Gasteiger partial charge is 0.259 e. The second-order valence-corrected chi connectivity index (χ2v) is 2.56. The molecule has 13 heavy (non-hydrogen) atoms. The molecule has 2 rings (SSSR count). The average Bonchev–Trinajstić information content (AvgIpc) is 2.47. The summed E-state index contributed by atoms with van der Waals surface area (Å²) in [7, 11) is 0. The summed E-state index contributed by atoms with van der Waals surface area (Å²) in [6.45, 7) is 0. The minimum Gasteiger partial charge on any atom is -0.370 e. The predicted octanol–water partition coefficient (Wildman–Crippen LogP) is -1.34. The van der Waals surface area contributed by atoms with Crippen molar-refractivity contribution in [1.29, 1.82) is 5.26 Å². The maximum absolute atomic E-state index is 11.3. The summed E-state index contributed by atoms with van der Waals surface area (Å²) < 4.78 is 0. The van der Waals surface area contributed by atoms with E-state index in [4.69, 9.17) is 11.0 Å². The zero-order valence-corrected chi connectivity index (χ0v) is 6.48. The first-order chi connectivity index (χ1) is 6.22. The lowest BCUT2D eigenvalue weighted by molar-refractivity contribution is -0.116. The first kappa shape index (κ1) is 7.49. The van der Waals surface area contributed by atoms with Crippen molar-refractivity contribution in [3.8, 4) is 6.07 Å². The van der Waals surface area contributed by atoms with Crippen molar-refractivity contribution in [3.63, 3.8) is 0 Å². The zero-order valence-electron chi connectivity index (χ0n) is 6.48. The minimum absolute atomic E-state index is 0.0371. The number of nitrogens with zero attached hydrogens (tertiary/aromatic N) is 3. The van der Waals surface area contributed by atoms with E-state index in [0.29, 0.717) is 0 Å². The Labute approximate surface area is 73.5 Å². The molecule has 0 saturated heterocycles. The number of hydrogen-bond acceptors (Lipinski definition) is 5. The Balaban J connectivity index is 2.52. The van der Waals surface area contributed by atoms with Crippen molar-refractivity contribution in [2.24, 2.45) is 15.7 Å². The van der Waals surface area contributed by atoms with Crippen LogP contribution >= 0.6 is 0 Å². The molecule has 64 valence electrons. The Hall–Kier alpha value is -2.16. The maximum Gasteiger partial charge on any atom is 0.259 e. The van der Waals surface area contributed by atoms with Gasteiger partial charge in [0.1, 0.15) is 6.07 Å². The highest BCUT2D eigenvalue weighted by Gasteiger charge is 2.31. The molecule has 1 unspecified atom stereocenters. The first-order valence-electron chi connectivity index (χ1n) is 3.54. The standard InChI is InChI=1S/C7H5N5O/c8-1-3-2-10-5-4(3)6(13)12-7(9)11-5/h2,5H,(H3,9,11,12,13). The summed E-state index contributed by atoms with van der Waals surface area (Å²) in [4.78, 5) is 19.0. The molecule has 1 amide bonds. The molecule has 6 heteroatoms. The number of allylic oxidation sites excluding steroid dienone is 1. The van der Waals surface area contributed by atoms with Gasteiger partial charge in [-0.1, -0.05) is 0 Å². The van der Waals surface area contributed by atoms with E-state index in [1.165, 1.54) is 6.21 Å². The molecular weight excluding hydrogens is 170 g/mol. The van der Waals surface area contributed by atoms with Crippen molar-refractivity contribution in [2.45, 2.75) is 6.17 Å². The van der Waals surface area contributed by atoms with Gasteiger partial charge in [0.2, 0.25) is 0 Å². The molecule has 2 aliphatic heterocycles. The fourth-order valence-electron chi connectivity index (χ4n) is 1.20. The topological polar surface area (TPSA) is 104 Å². The van der Waals surface area contributed by atoms with Crippen LogP contribution in [0.3, 0.4) is 0 Å². The predicted molar refractivity (Wildman–Crippen MR) is 44.7 cm³/mol. The number of guanidine groups is 1. The normalized spacial score (nSPS) is 25.0. The van der Waals surface area contributed by atoms with Gasteiger partial charge in [0.25, 0.3) is 5.91 Å². The summed E-state index contributed by atoms with van der Waals surface area (Å²) >= 11 is 0. The molecular formula is C7H5N5O. The first-order valence-corrected chi connectivity index (χ1v) is 3.54. The molecule has 3 N–H and O–H groups in total. The van der Waals surface area contributed by atoms with E-state index in [1.807, 2.05) is 6.07 Å². The minimum atomic E-state index is -0.622. The van der Waals surface area contributed by atoms with E-state index in [-0.39, 0.29) is 17.1 Å². The maximum atomic E-state index is 11.3. The lowest BCUT2D eigenvalue weighted by Gasteiger charge is -2.15. The van der Waals surface area contributed by atoms with Gasteiger partial charge in [-0.15, -0.1) is 0 Å². The van der Waals surface area contributed by atoms with Crippen LogP contribution in [0.5, 0.6) is 0 Å². The van der Waals surface area contributed by atoms with Gasteiger partial charge in [-0.2, -0.15) is 5.26 Å². The van der Waals surface area contributed by atoms with Gasteiger partial charge in [0, 0.05) is 6.21 Å². The molecule has 0 aromatic carbocycles. The number of hydrogen-bond donors (Lipinski definition) is 2. The van der Waals surface area contributed by atoms with E-state index in [2.05, 4.69) is 15.3 Å². The largest absolute Gasteiger partial charge is 0.370 e. The van der Waals surface area contributed by atoms with Crippen LogP contribution in [-0.4, -0.2) is 24.2 Å². The molecule has 0 fully saturated rings. The number of nitrogens with two attached hydrogens (primary N) is 1. The van der Waals surface area contributed by atoms with E-state index in [0.717, 1.165) is 0 Å². The second kappa shape index (κ2) is 2.42. The summed E-state index contributed by atoms with van der Waals surface area (Å²) in [5, 5.41) is 10.9. The molecule has 0 radical (unpaired) electrons. The van der Waals surface area contributed by atoms with Crippen molar-refractivity contribution in [2.75, 3.05) is 0 Å². The van der Waals surface area contributed by atoms with Crippen LogP contribution in [0.15, 0.2) is 21.1 Å². The Bertz CT molecular complexity index is 411. The molecule has 0 aromatic rings.